The van der Waals surface area contributed by atoms with Crippen molar-refractivity contribution >= 4 is 23.6 Å². The van der Waals surface area contributed by atoms with Gasteiger partial charge >= 0.3 is 6.09 Å². The van der Waals surface area contributed by atoms with Crippen LogP contribution >= 0.6 is 0 Å². The summed E-state index contributed by atoms with van der Waals surface area (Å²) < 4.78 is 7.42. The van der Waals surface area contributed by atoms with Gasteiger partial charge in [0.05, 0.1) is 5.69 Å². The number of nitrogens with one attached hydrogen (secondary N) is 1. The highest BCUT2D eigenvalue weighted by molar-refractivity contribution is 5.94. The highest BCUT2D eigenvalue weighted by atomic mass is 16.6. The first-order valence-electron chi connectivity index (χ1n) is 15.7. The zero-order valence-corrected chi connectivity index (χ0v) is 26.8. The number of hydrogen-bond donors (Lipinski definition) is 1. The fourth-order valence-electron chi connectivity index (χ4n) is 5.32. The number of anilines is 2. The van der Waals surface area contributed by atoms with Crippen LogP contribution in [0.4, 0.5) is 16.4 Å². The summed E-state index contributed by atoms with van der Waals surface area (Å²) in [6.07, 6.45) is 7.78. The molecule has 0 atom stereocenters. The van der Waals surface area contributed by atoms with E-state index in [2.05, 4.69) is 27.4 Å². The Morgan fingerprint density at radius 1 is 0.872 bits per heavy atom. The van der Waals surface area contributed by atoms with Crippen molar-refractivity contribution in [2.45, 2.75) is 39.3 Å². The zero-order valence-electron chi connectivity index (χ0n) is 26.8. The topological polar surface area (TPSA) is 118 Å². The van der Waals surface area contributed by atoms with Crippen LogP contribution in [-0.4, -0.2) is 78.3 Å². The van der Waals surface area contributed by atoms with Crippen LogP contribution in [0.2, 0.25) is 0 Å². The summed E-state index contributed by atoms with van der Waals surface area (Å²) in [6, 6.07) is 23.3. The van der Waals surface area contributed by atoms with Crippen LogP contribution in [0.3, 0.4) is 0 Å². The predicted octanol–water partition coefficient (Wildman–Crippen LogP) is 6.08. The van der Waals surface area contributed by atoms with E-state index < -0.39 is 5.60 Å². The molecule has 0 saturated carbocycles. The molecule has 1 aliphatic heterocycles. The lowest BCUT2D eigenvalue weighted by Crippen LogP contribution is -2.51. The van der Waals surface area contributed by atoms with Gasteiger partial charge in [-0.3, -0.25) is 14.5 Å². The molecule has 11 nitrogen and oxygen atoms in total. The van der Waals surface area contributed by atoms with Crippen molar-refractivity contribution in [2.75, 3.05) is 31.5 Å². The molecule has 0 radical (unpaired) electrons. The molecule has 5 aromatic rings. The normalized spacial score (nSPS) is 13.3. The van der Waals surface area contributed by atoms with Gasteiger partial charge in [-0.05, 0) is 75.2 Å². The molecule has 0 aliphatic carbocycles. The summed E-state index contributed by atoms with van der Waals surface area (Å²) in [7, 11) is 0. The van der Waals surface area contributed by atoms with Gasteiger partial charge in [-0.25, -0.2) is 14.8 Å². The Kier molecular flexibility index (Phi) is 9.23. The van der Waals surface area contributed by atoms with E-state index in [1.54, 1.807) is 40.5 Å². The number of carbonyl (C=O) groups excluding carboxylic acids is 2. The van der Waals surface area contributed by atoms with E-state index in [4.69, 9.17) is 14.8 Å². The predicted molar refractivity (Wildman–Crippen MR) is 180 cm³/mol. The second-order valence-corrected chi connectivity index (χ2v) is 12.4. The number of hydrogen-bond acceptors (Lipinski definition) is 8. The summed E-state index contributed by atoms with van der Waals surface area (Å²) in [6.45, 7) is 8.01. The largest absolute Gasteiger partial charge is 0.444 e. The van der Waals surface area contributed by atoms with Crippen LogP contribution in [0.25, 0.3) is 22.5 Å². The highest BCUT2D eigenvalue weighted by Crippen LogP contribution is 2.30. The fourth-order valence-corrected chi connectivity index (χ4v) is 5.32. The molecule has 0 unspecified atom stereocenters. The van der Waals surface area contributed by atoms with Gasteiger partial charge in [0.15, 0.2) is 0 Å². The van der Waals surface area contributed by atoms with Crippen LogP contribution < -0.4 is 5.32 Å². The van der Waals surface area contributed by atoms with Gasteiger partial charge < -0.3 is 19.9 Å². The Balaban J connectivity index is 1.13. The van der Waals surface area contributed by atoms with Crippen molar-refractivity contribution in [2.24, 2.45) is 0 Å². The number of benzene rings is 2. The third-order valence-corrected chi connectivity index (χ3v) is 7.71. The van der Waals surface area contributed by atoms with Crippen LogP contribution in [-0.2, 0) is 17.7 Å². The summed E-state index contributed by atoms with van der Waals surface area (Å²) in [5.41, 5.74) is 5.31. The summed E-state index contributed by atoms with van der Waals surface area (Å²) in [5.74, 6) is 0.347. The molecule has 1 fully saturated rings. The van der Waals surface area contributed by atoms with Gasteiger partial charge in [0.2, 0.25) is 5.95 Å². The van der Waals surface area contributed by atoms with Crippen molar-refractivity contribution in [1.29, 1.82) is 0 Å². The summed E-state index contributed by atoms with van der Waals surface area (Å²) in [5, 5.41) is 8.18. The maximum atomic E-state index is 13.2. The number of ether oxygens (including phenoxy) is 1. The molecule has 0 spiro atoms. The Morgan fingerprint density at radius 3 is 2.32 bits per heavy atom. The lowest BCUT2D eigenvalue weighted by Gasteiger charge is -2.35. The molecule has 1 aliphatic rings. The van der Waals surface area contributed by atoms with Crippen molar-refractivity contribution in [3.8, 4) is 22.5 Å². The first-order chi connectivity index (χ1) is 22.7. The molecule has 6 rings (SSSR count). The fraction of sp³-hybridized carbons (Fsp3) is 0.278. The maximum absolute atomic E-state index is 13.2. The Hall–Kier alpha value is -5.58. The van der Waals surface area contributed by atoms with Crippen molar-refractivity contribution in [1.82, 2.24) is 34.5 Å². The third-order valence-electron chi connectivity index (χ3n) is 7.71. The molecule has 2 aromatic carbocycles. The molecular formula is C36H38N8O3. The van der Waals surface area contributed by atoms with E-state index in [0.29, 0.717) is 37.7 Å². The second-order valence-electron chi connectivity index (χ2n) is 12.4. The smallest absolute Gasteiger partial charge is 0.410 e. The SMILES string of the molecule is CC(C)(C)OC(=O)N1CCN(C(=O)c2ccc(Nc3nccc(-c4cn(CCc5ccccc5)nc4-c4cccnc4)n3)cc2)CC1. The summed E-state index contributed by atoms with van der Waals surface area (Å²) in [4.78, 5) is 42.5. The molecular weight excluding hydrogens is 592 g/mol. The van der Waals surface area contributed by atoms with E-state index in [0.717, 1.165) is 41.2 Å². The van der Waals surface area contributed by atoms with Gasteiger partial charge in [-0.1, -0.05) is 30.3 Å². The maximum Gasteiger partial charge on any atom is 0.410 e. The average Bonchev–Trinajstić information content (AvgIpc) is 3.52. The molecule has 0 bridgehead atoms. The highest BCUT2D eigenvalue weighted by Gasteiger charge is 2.28. The Morgan fingerprint density at radius 2 is 1.62 bits per heavy atom. The number of pyridine rings is 1. The number of carbonyl (C=O) groups is 2. The van der Waals surface area contributed by atoms with Crippen molar-refractivity contribution in [3.63, 3.8) is 0 Å². The first kappa shape index (κ1) is 31.4. The van der Waals surface area contributed by atoms with Crippen molar-refractivity contribution in [3.05, 3.63) is 109 Å². The van der Waals surface area contributed by atoms with Gasteiger partial charge in [0.1, 0.15) is 11.3 Å². The van der Waals surface area contributed by atoms with Gasteiger partial charge in [0, 0.05) is 79.9 Å². The molecule has 11 heteroatoms. The molecule has 47 heavy (non-hydrogen) atoms. The van der Waals surface area contributed by atoms with E-state index in [-0.39, 0.29) is 12.0 Å². The quantitative estimate of drug-likeness (QED) is 0.219. The molecule has 4 heterocycles. The zero-order chi connectivity index (χ0) is 32.8. The van der Waals surface area contributed by atoms with E-state index in [9.17, 15) is 9.59 Å². The third kappa shape index (κ3) is 7.99. The minimum absolute atomic E-state index is 0.0779. The van der Waals surface area contributed by atoms with Crippen LogP contribution in [0.15, 0.2) is 97.6 Å². The number of aromatic nitrogens is 5. The number of amides is 2. The van der Waals surface area contributed by atoms with E-state index in [1.807, 2.05) is 80.2 Å². The monoisotopic (exact) mass is 630 g/mol. The molecule has 3 aromatic heterocycles. The van der Waals surface area contributed by atoms with E-state index in [1.165, 1.54) is 5.56 Å². The summed E-state index contributed by atoms with van der Waals surface area (Å²) >= 11 is 0. The number of nitrogens with zero attached hydrogens (tertiary/aromatic N) is 7. The van der Waals surface area contributed by atoms with Crippen molar-refractivity contribution < 1.29 is 14.3 Å². The van der Waals surface area contributed by atoms with Gasteiger partial charge in [0.25, 0.3) is 5.91 Å². The molecule has 1 saturated heterocycles. The first-order valence-corrected chi connectivity index (χ1v) is 15.7. The van der Waals surface area contributed by atoms with Crippen LogP contribution in [0, 0.1) is 0 Å². The minimum atomic E-state index is -0.555. The minimum Gasteiger partial charge on any atom is -0.444 e. The average molecular weight is 631 g/mol. The lowest BCUT2D eigenvalue weighted by atomic mass is 10.1. The molecule has 2 amide bonds. The van der Waals surface area contributed by atoms with E-state index >= 15 is 0 Å². The lowest BCUT2D eigenvalue weighted by molar-refractivity contribution is 0.0141. The number of rotatable bonds is 8. The molecule has 240 valence electrons. The molecule has 1 N–H and O–H groups in total. The van der Waals surface area contributed by atoms with Crippen LogP contribution in [0.1, 0.15) is 36.7 Å². The second kappa shape index (κ2) is 13.8. The van der Waals surface area contributed by atoms with Gasteiger partial charge in [-0.15, -0.1) is 0 Å². The number of aryl methyl sites for hydroxylation is 2. The van der Waals surface area contributed by atoms with Crippen LogP contribution in [0.5, 0.6) is 0 Å². The Bertz CT molecular complexity index is 1810. The standard InChI is InChI=1S/C36H38N8O3/c1-36(2,3)47-35(46)43-22-20-42(21-23-43)33(45)27-11-13-29(14-12-27)39-34-38-18-15-31(40-34)30-25-44(19-16-26-8-5-4-6-9-26)41-32(30)28-10-7-17-37-24-28/h4-15,17-18,24-25H,16,19-23H2,1-3H3,(H,38,39,40). The van der Waals surface area contributed by atoms with Gasteiger partial charge in [-0.2, -0.15) is 5.10 Å². The Labute approximate surface area is 274 Å². The number of piperazine rings is 1.